The van der Waals surface area contributed by atoms with Gasteiger partial charge in [-0.3, -0.25) is 9.10 Å². The number of rotatable bonds is 7. The van der Waals surface area contributed by atoms with E-state index in [1.807, 2.05) is 37.3 Å². The molecular formula is C22H28N2O4S. The summed E-state index contributed by atoms with van der Waals surface area (Å²) in [5.41, 5.74) is 3.04. The topological polar surface area (TPSA) is 75.7 Å². The van der Waals surface area contributed by atoms with Crippen molar-refractivity contribution in [2.75, 3.05) is 30.3 Å². The first kappa shape index (κ1) is 21.2. The van der Waals surface area contributed by atoms with Crippen molar-refractivity contribution in [3.63, 3.8) is 0 Å². The van der Waals surface area contributed by atoms with Gasteiger partial charge in [0.2, 0.25) is 10.0 Å². The van der Waals surface area contributed by atoms with E-state index in [2.05, 4.69) is 5.32 Å². The van der Waals surface area contributed by atoms with Gasteiger partial charge in [0.25, 0.3) is 5.91 Å². The Morgan fingerprint density at radius 1 is 1.17 bits per heavy atom. The zero-order valence-corrected chi connectivity index (χ0v) is 17.8. The maximum atomic E-state index is 12.6. The average molecular weight is 417 g/mol. The molecule has 0 spiro atoms. The molecule has 6 nitrogen and oxygen atoms in total. The number of nitrogens with one attached hydrogen (secondary N) is 1. The van der Waals surface area contributed by atoms with E-state index < -0.39 is 10.0 Å². The van der Waals surface area contributed by atoms with E-state index in [0.29, 0.717) is 30.8 Å². The Morgan fingerprint density at radius 3 is 2.72 bits per heavy atom. The Morgan fingerprint density at radius 2 is 1.97 bits per heavy atom. The number of carbonyl (C=O) groups excluding carboxylic acids is 1. The highest BCUT2D eigenvalue weighted by molar-refractivity contribution is 7.92. The number of para-hydroxylation sites is 1. The number of anilines is 1. The molecule has 156 valence electrons. The molecule has 0 aromatic heterocycles. The molecule has 0 atom stereocenters. The highest BCUT2D eigenvalue weighted by Crippen LogP contribution is 2.28. The van der Waals surface area contributed by atoms with E-state index in [1.54, 1.807) is 19.2 Å². The van der Waals surface area contributed by atoms with Crippen LogP contribution < -0.4 is 14.4 Å². The molecule has 1 amide bonds. The molecule has 3 rings (SSSR count). The molecule has 7 heteroatoms. The number of aryl methyl sites for hydroxylation is 2. The first-order chi connectivity index (χ1) is 13.9. The van der Waals surface area contributed by atoms with E-state index >= 15 is 0 Å². The van der Waals surface area contributed by atoms with Gasteiger partial charge in [-0.1, -0.05) is 24.3 Å². The van der Waals surface area contributed by atoms with Crippen LogP contribution in [0.2, 0.25) is 0 Å². The van der Waals surface area contributed by atoms with Gasteiger partial charge in [-0.15, -0.1) is 0 Å². The lowest BCUT2D eigenvalue weighted by molar-refractivity contribution is 0.0953. The van der Waals surface area contributed by atoms with Crippen molar-refractivity contribution in [3.8, 4) is 5.75 Å². The van der Waals surface area contributed by atoms with Gasteiger partial charge in [-0.25, -0.2) is 8.42 Å². The van der Waals surface area contributed by atoms with Gasteiger partial charge in [0, 0.05) is 18.7 Å². The molecule has 1 N–H and O–H groups in total. The molecule has 2 aromatic rings. The van der Waals surface area contributed by atoms with E-state index in [9.17, 15) is 13.2 Å². The third-order valence-corrected chi connectivity index (χ3v) is 7.05. The number of amides is 1. The Hall–Kier alpha value is -2.54. The molecule has 0 saturated carbocycles. The smallest absolute Gasteiger partial charge is 0.251 e. The highest BCUT2D eigenvalue weighted by atomic mass is 32.2. The lowest BCUT2D eigenvalue weighted by Crippen LogP contribution is -2.38. The zero-order chi connectivity index (χ0) is 20.9. The van der Waals surface area contributed by atoms with Crippen LogP contribution in [0.5, 0.6) is 5.75 Å². The minimum Gasteiger partial charge on any atom is -0.496 e. The Balaban J connectivity index is 1.62. The number of hydrogen-bond acceptors (Lipinski definition) is 4. The Labute approximate surface area is 172 Å². The molecule has 0 bridgehead atoms. The van der Waals surface area contributed by atoms with E-state index in [4.69, 9.17) is 4.74 Å². The quantitative estimate of drug-likeness (QED) is 0.703. The molecular weight excluding hydrogens is 388 g/mol. The number of carbonyl (C=O) groups is 1. The summed E-state index contributed by atoms with van der Waals surface area (Å²) >= 11 is 0. The largest absolute Gasteiger partial charge is 0.496 e. The van der Waals surface area contributed by atoms with Crippen molar-refractivity contribution in [3.05, 3.63) is 59.2 Å². The lowest BCUT2D eigenvalue weighted by atomic mass is 10.1. The molecule has 0 radical (unpaired) electrons. The van der Waals surface area contributed by atoms with Crippen molar-refractivity contribution in [1.82, 2.24) is 5.32 Å². The fraction of sp³-hybridized carbons (Fsp3) is 0.409. The summed E-state index contributed by atoms with van der Waals surface area (Å²) in [6.45, 7) is 2.86. The van der Waals surface area contributed by atoms with Crippen LogP contribution in [0.25, 0.3) is 0 Å². The van der Waals surface area contributed by atoms with Crippen molar-refractivity contribution in [2.24, 2.45) is 0 Å². The van der Waals surface area contributed by atoms with Gasteiger partial charge in [-0.05, 0) is 61.9 Å². The second-order valence-corrected chi connectivity index (χ2v) is 9.28. The summed E-state index contributed by atoms with van der Waals surface area (Å²) < 4.78 is 31.7. The number of sulfonamides is 1. The highest BCUT2D eigenvalue weighted by Gasteiger charge is 2.27. The van der Waals surface area contributed by atoms with Gasteiger partial charge in [0.1, 0.15) is 5.75 Å². The number of nitrogens with zero attached hydrogens (tertiary/aromatic N) is 1. The SMILES string of the molecule is COc1ccccc1CCCNC(=O)c1ccc(C)c(N2CCCCS2(=O)=O)c1. The predicted octanol–water partition coefficient (Wildman–Crippen LogP) is 3.30. The minimum absolute atomic E-state index is 0.159. The van der Waals surface area contributed by atoms with Gasteiger partial charge in [0.15, 0.2) is 0 Å². The van der Waals surface area contributed by atoms with Gasteiger partial charge < -0.3 is 10.1 Å². The first-order valence-corrected chi connectivity index (χ1v) is 11.5. The minimum atomic E-state index is -3.31. The van der Waals surface area contributed by atoms with Crippen molar-refractivity contribution >= 4 is 21.6 Å². The molecule has 1 heterocycles. The zero-order valence-electron chi connectivity index (χ0n) is 17.0. The summed E-state index contributed by atoms with van der Waals surface area (Å²) in [6, 6.07) is 13.1. The fourth-order valence-electron chi connectivity index (χ4n) is 3.57. The number of benzene rings is 2. The van der Waals surface area contributed by atoms with Crippen LogP contribution in [-0.4, -0.2) is 40.3 Å². The van der Waals surface area contributed by atoms with E-state index in [1.165, 1.54) is 4.31 Å². The normalized spacial score (nSPS) is 15.7. The standard InChI is InChI=1S/C22H28N2O4S/c1-17-11-12-19(16-20(17)24-14-5-6-15-29(24,26)27)22(25)23-13-7-9-18-8-3-4-10-21(18)28-2/h3-4,8,10-12,16H,5-7,9,13-15H2,1-2H3,(H,23,25). The Bertz CT molecular complexity index is 973. The molecule has 1 aliphatic rings. The summed E-state index contributed by atoms with van der Waals surface area (Å²) in [5.74, 6) is 0.816. The molecule has 2 aromatic carbocycles. The van der Waals surface area contributed by atoms with E-state index in [-0.39, 0.29) is 11.7 Å². The van der Waals surface area contributed by atoms with Gasteiger partial charge >= 0.3 is 0 Å². The van der Waals surface area contributed by atoms with Gasteiger partial charge in [-0.2, -0.15) is 0 Å². The van der Waals surface area contributed by atoms with Crippen molar-refractivity contribution < 1.29 is 17.9 Å². The van der Waals surface area contributed by atoms with Crippen LogP contribution in [0.3, 0.4) is 0 Å². The number of hydrogen-bond donors (Lipinski definition) is 1. The van der Waals surface area contributed by atoms with Crippen LogP contribution in [0.1, 0.15) is 40.7 Å². The van der Waals surface area contributed by atoms with Crippen LogP contribution >= 0.6 is 0 Å². The molecule has 1 aliphatic heterocycles. The van der Waals surface area contributed by atoms with Crippen LogP contribution in [0.4, 0.5) is 5.69 Å². The maximum absolute atomic E-state index is 12.6. The van der Waals surface area contributed by atoms with Gasteiger partial charge in [0.05, 0.1) is 18.6 Å². The van der Waals surface area contributed by atoms with E-state index in [0.717, 1.165) is 36.1 Å². The first-order valence-electron chi connectivity index (χ1n) is 9.93. The predicted molar refractivity (Wildman–Crippen MR) is 115 cm³/mol. The van der Waals surface area contributed by atoms with Crippen LogP contribution in [0, 0.1) is 6.92 Å². The number of ether oxygens (including phenoxy) is 1. The summed E-state index contributed by atoms with van der Waals surface area (Å²) in [6.07, 6.45) is 3.10. The molecule has 29 heavy (non-hydrogen) atoms. The second-order valence-electron chi connectivity index (χ2n) is 7.27. The Kier molecular flexibility index (Phi) is 6.79. The summed E-state index contributed by atoms with van der Waals surface area (Å²) in [4.78, 5) is 12.6. The monoisotopic (exact) mass is 416 g/mol. The maximum Gasteiger partial charge on any atom is 0.251 e. The fourth-order valence-corrected chi connectivity index (χ4v) is 5.26. The van der Waals surface area contributed by atoms with Crippen molar-refractivity contribution in [1.29, 1.82) is 0 Å². The molecule has 0 aliphatic carbocycles. The third-order valence-electron chi connectivity index (χ3n) is 5.19. The van der Waals surface area contributed by atoms with Crippen LogP contribution in [-0.2, 0) is 16.4 Å². The summed E-state index contributed by atoms with van der Waals surface area (Å²) in [7, 11) is -1.66. The average Bonchev–Trinajstić information content (AvgIpc) is 2.71. The number of methoxy groups -OCH3 is 1. The summed E-state index contributed by atoms with van der Waals surface area (Å²) in [5, 5.41) is 2.93. The molecule has 0 unspecified atom stereocenters. The molecule has 1 fully saturated rings. The van der Waals surface area contributed by atoms with Crippen molar-refractivity contribution in [2.45, 2.75) is 32.6 Å². The second kappa shape index (κ2) is 9.31. The van der Waals surface area contributed by atoms with Crippen LogP contribution in [0.15, 0.2) is 42.5 Å². The lowest BCUT2D eigenvalue weighted by Gasteiger charge is -2.29. The molecule has 1 saturated heterocycles. The third kappa shape index (κ3) is 5.09.